The third-order valence-corrected chi connectivity index (χ3v) is 3.66. The minimum atomic E-state index is -0.850. The zero-order valence-electron chi connectivity index (χ0n) is 12.5. The van der Waals surface area contributed by atoms with E-state index in [0.29, 0.717) is 17.0 Å². The Morgan fingerprint density at radius 2 is 2.00 bits per heavy atom. The second kappa shape index (κ2) is 6.59. The van der Waals surface area contributed by atoms with Gasteiger partial charge in [-0.1, -0.05) is 24.3 Å². The molecule has 1 atom stereocenters. The number of hydrogen-bond donors (Lipinski definition) is 1. The van der Waals surface area contributed by atoms with E-state index in [1.807, 2.05) is 0 Å². The first-order valence-electron chi connectivity index (χ1n) is 7.24. The Bertz CT molecular complexity index is 862. The van der Waals surface area contributed by atoms with Gasteiger partial charge in [-0.05, 0) is 17.7 Å². The van der Waals surface area contributed by atoms with Crippen molar-refractivity contribution in [1.29, 1.82) is 0 Å². The number of imidazole rings is 1. The zero-order valence-corrected chi connectivity index (χ0v) is 12.5. The van der Waals surface area contributed by atoms with Crippen molar-refractivity contribution in [1.82, 2.24) is 9.55 Å². The van der Waals surface area contributed by atoms with E-state index in [9.17, 15) is 19.6 Å². The summed E-state index contributed by atoms with van der Waals surface area (Å²) >= 11 is 0. The van der Waals surface area contributed by atoms with Gasteiger partial charge in [-0.2, -0.15) is 0 Å². The monoisotopic (exact) mass is 327 g/mol. The summed E-state index contributed by atoms with van der Waals surface area (Å²) in [4.78, 5) is 14.7. The van der Waals surface area contributed by atoms with Crippen molar-refractivity contribution in [2.24, 2.45) is 0 Å². The molecule has 1 heterocycles. The predicted molar refractivity (Wildman–Crippen MR) is 85.7 cm³/mol. The lowest BCUT2D eigenvalue weighted by molar-refractivity contribution is -0.384. The van der Waals surface area contributed by atoms with Gasteiger partial charge in [0.25, 0.3) is 5.69 Å². The van der Waals surface area contributed by atoms with E-state index in [2.05, 4.69) is 4.98 Å². The molecule has 0 radical (unpaired) electrons. The SMILES string of the molecule is O=[N+]([O-])c1cccc(-c2nccn2C[C@H](O)c2ccc(F)cc2)c1. The van der Waals surface area contributed by atoms with E-state index in [1.54, 1.807) is 29.1 Å². The summed E-state index contributed by atoms with van der Waals surface area (Å²) in [5.41, 5.74) is 1.14. The molecule has 0 amide bonds. The van der Waals surface area contributed by atoms with E-state index >= 15 is 0 Å². The Morgan fingerprint density at radius 1 is 1.25 bits per heavy atom. The lowest BCUT2D eigenvalue weighted by Crippen LogP contribution is -2.09. The van der Waals surface area contributed by atoms with Crippen LogP contribution in [0.3, 0.4) is 0 Å². The Hall–Kier alpha value is -3.06. The molecule has 3 aromatic rings. The van der Waals surface area contributed by atoms with Crippen LogP contribution < -0.4 is 0 Å². The number of halogens is 1. The van der Waals surface area contributed by atoms with Crippen LogP contribution in [-0.4, -0.2) is 19.6 Å². The lowest BCUT2D eigenvalue weighted by atomic mass is 10.1. The van der Waals surface area contributed by atoms with Crippen molar-refractivity contribution in [3.63, 3.8) is 0 Å². The fraction of sp³-hybridized carbons (Fsp3) is 0.118. The molecule has 0 spiro atoms. The van der Waals surface area contributed by atoms with Crippen LogP contribution in [-0.2, 0) is 6.54 Å². The highest BCUT2D eigenvalue weighted by molar-refractivity contribution is 5.59. The van der Waals surface area contributed by atoms with Crippen molar-refractivity contribution < 1.29 is 14.4 Å². The molecule has 24 heavy (non-hydrogen) atoms. The average molecular weight is 327 g/mol. The van der Waals surface area contributed by atoms with Gasteiger partial charge >= 0.3 is 0 Å². The molecule has 0 aliphatic heterocycles. The molecule has 0 unspecified atom stereocenters. The van der Waals surface area contributed by atoms with Gasteiger partial charge < -0.3 is 9.67 Å². The Kier molecular flexibility index (Phi) is 4.35. The van der Waals surface area contributed by atoms with Crippen LogP contribution in [0.4, 0.5) is 10.1 Å². The van der Waals surface area contributed by atoms with Crippen LogP contribution >= 0.6 is 0 Å². The van der Waals surface area contributed by atoms with Gasteiger partial charge in [-0.15, -0.1) is 0 Å². The van der Waals surface area contributed by atoms with Gasteiger partial charge in [0.05, 0.1) is 17.6 Å². The highest BCUT2D eigenvalue weighted by Gasteiger charge is 2.14. The van der Waals surface area contributed by atoms with Crippen molar-refractivity contribution in [3.05, 3.63) is 82.4 Å². The maximum absolute atomic E-state index is 13.0. The highest BCUT2D eigenvalue weighted by Crippen LogP contribution is 2.24. The van der Waals surface area contributed by atoms with Crippen LogP contribution in [0.15, 0.2) is 60.9 Å². The Balaban J connectivity index is 1.86. The summed E-state index contributed by atoms with van der Waals surface area (Å²) in [5, 5.41) is 21.2. The van der Waals surface area contributed by atoms with Crippen molar-refractivity contribution in [3.8, 4) is 11.4 Å². The second-order valence-electron chi connectivity index (χ2n) is 5.28. The van der Waals surface area contributed by atoms with Gasteiger partial charge in [-0.3, -0.25) is 10.1 Å². The first-order valence-corrected chi connectivity index (χ1v) is 7.24. The van der Waals surface area contributed by atoms with E-state index < -0.39 is 11.0 Å². The molecule has 0 saturated carbocycles. The third-order valence-electron chi connectivity index (χ3n) is 3.66. The van der Waals surface area contributed by atoms with E-state index in [4.69, 9.17) is 0 Å². The molecule has 0 bridgehead atoms. The van der Waals surface area contributed by atoms with Crippen LogP contribution in [0.25, 0.3) is 11.4 Å². The number of nitrogens with zero attached hydrogens (tertiary/aromatic N) is 3. The number of aliphatic hydroxyl groups excluding tert-OH is 1. The third kappa shape index (κ3) is 3.31. The summed E-state index contributed by atoms with van der Waals surface area (Å²) in [6.45, 7) is 0.198. The number of nitro benzene ring substituents is 1. The van der Waals surface area contributed by atoms with E-state index in [0.717, 1.165) is 0 Å². The van der Waals surface area contributed by atoms with Gasteiger partial charge in [0.1, 0.15) is 11.6 Å². The molecule has 0 aliphatic rings. The van der Waals surface area contributed by atoms with E-state index in [-0.39, 0.29) is 18.0 Å². The molecule has 0 aliphatic carbocycles. The quantitative estimate of drug-likeness (QED) is 0.576. The fourth-order valence-corrected chi connectivity index (χ4v) is 2.45. The molecule has 1 N–H and O–H groups in total. The van der Waals surface area contributed by atoms with Gasteiger partial charge in [0, 0.05) is 30.1 Å². The Morgan fingerprint density at radius 3 is 2.71 bits per heavy atom. The van der Waals surface area contributed by atoms with Gasteiger partial charge in [0.15, 0.2) is 0 Å². The summed E-state index contributed by atoms with van der Waals surface area (Å²) in [7, 11) is 0. The number of non-ortho nitro benzene ring substituents is 1. The van der Waals surface area contributed by atoms with Crippen molar-refractivity contribution >= 4 is 5.69 Å². The smallest absolute Gasteiger partial charge is 0.270 e. The largest absolute Gasteiger partial charge is 0.387 e. The molecule has 7 heteroatoms. The number of hydrogen-bond acceptors (Lipinski definition) is 4. The van der Waals surface area contributed by atoms with Crippen LogP contribution in [0, 0.1) is 15.9 Å². The minimum absolute atomic E-state index is 0.0267. The number of aliphatic hydroxyl groups is 1. The van der Waals surface area contributed by atoms with Crippen molar-refractivity contribution in [2.75, 3.05) is 0 Å². The van der Waals surface area contributed by atoms with Crippen LogP contribution in [0.5, 0.6) is 0 Å². The number of benzene rings is 2. The van der Waals surface area contributed by atoms with Gasteiger partial charge in [0.2, 0.25) is 0 Å². The molecular formula is C17H14FN3O3. The fourth-order valence-electron chi connectivity index (χ4n) is 2.45. The maximum atomic E-state index is 13.0. The van der Waals surface area contributed by atoms with Gasteiger partial charge in [-0.25, -0.2) is 9.37 Å². The summed E-state index contributed by atoms with van der Waals surface area (Å²) in [5.74, 6) is 0.144. The first kappa shape index (κ1) is 15.8. The number of nitro groups is 1. The molecule has 1 aromatic heterocycles. The average Bonchev–Trinajstić information content (AvgIpc) is 3.03. The summed E-state index contributed by atoms with van der Waals surface area (Å²) in [6.07, 6.45) is 2.39. The molecule has 6 nitrogen and oxygen atoms in total. The summed E-state index contributed by atoms with van der Waals surface area (Å²) < 4.78 is 14.7. The first-order chi connectivity index (χ1) is 11.5. The van der Waals surface area contributed by atoms with Crippen LogP contribution in [0.2, 0.25) is 0 Å². The Labute approximate surface area is 137 Å². The van der Waals surface area contributed by atoms with E-state index in [1.165, 1.54) is 36.4 Å². The number of rotatable bonds is 5. The normalized spacial score (nSPS) is 12.1. The zero-order chi connectivity index (χ0) is 17.1. The standard InChI is InChI=1S/C17H14FN3O3/c18-14-6-4-12(5-7-14)16(22)11-20-9-8-19-17(20)13-2-1-3-15(10-13)21(23)24/h1-10,16,22H,11H2/t16-/m0/s1. The molecule has 122 valence electrons. The second-order valence-corrected chi connectivity index (χ2v) is 5.28. The van der Waals surface area contributed by atoms with Crippen molar-refractivity contribution in [2.45, 2.75) is 12.6 Å². The molecule has 3 rings (SSSR count). The predicted octanol–water partition coefficient (Wildman–Crippen LogP) is 3.33. The highest BCUT2D eigenvalue weighted by atomic mass is 19.1. The molecule has 2 aromatic carbocycles. The number of aromatic nitrogens is 2. The molecule has 0 saturated heterocycles. The van der Waals surface area contributed by atoms with Crippen LogP contribution in [0.1, 0.15) is 11.7 Å². The maximum Gasteiger partial charge on any atom is 0.270 e. The summed E-state index contributed by atoms with van der Waals surface area (Å²) in [6, 6.07) is 11.8. The lowest BCUT2D eigenvalue weighted by Gasteiger charge is -2.14. The topological polar surface area (TPSA) is 81.2 Å². The molecular weight excluding hydrogens is 313 g/mol. The minimum Gasteiger partial charge on any atom is -0.387 e. The molecule has 0 fully saturated rings.